The molecular weight excluding hydrogens is 267 g/mol. The lowest BCUT2D eigenvalue weighted by Gasteiger charge is -2.16. The van der Waals surface area contributed by atoms with Gasteiger partial charge in [0.05, 0.1) is 6.10 Å². The summed E-state index contributed by atoms with van der Waals surface area (Å²) in [6.07, 6.45) is 6.18. The standard InChI is InChI=1S/C15H20Cl2O/c16-11-13(6-7-15-5-2-8-18-15)9-12-3-1-4-14(17)10-12/h1,3-4,10,13,15H,2,5-9,11H2. The van der Waals surface area contributed by atoms with Gasteiger partial charge < -0.3 is 4.74 Å². The summed E-state index contributed by atoms with van der Waals surface area (Å²) in [5, 5.41) is 0.806. The van der Waals surface area contributed by atoms with Crippen LogP contribution in [0, 0.1) is 5.92 Å². The zero-order chi connectivity index (χ0) is 12.8. The van der Waals surface area contributed by atoms with Gasteiger partial charge in [0, 0.05) is 17.5 Å². The van der Waals surface area contributed by atoms with E-state index >= 15 is 0 Å². The summed E-state index contributed by atoms with van der Waals surface area (Å²) < 4.78 is 5.65. The molecule has 0 N–H and O–H groups in total. The van der Waals surface area contributed by atoms with Gasteiger partial charge in [0.2, 0.25) is 0 Å². The summed E-state index contributed by atoms with van der Waals surface area (Å²) in [5.41, 5.74) is 1.28. The van der Waals surface area contributed by atoms with Crippen molar-refractivity contribution < 1.29 is 4.74 Å². The number of ether oxygens (including phenoxy) is 1. The van der Waals surface area contributed by atoms with E-state index in [-0.39, 0.29) is 0 Å². The monoisotopic (exact) mass is 286 g/mol. The Balaban J connectivity index is 1.81. The van der Waals surface area contributed by atoms with Gasteiger partial charge in [-0.25, -0.2) is 0 Å². The van der Waals surface area contributed by atoms with Crippen LogP contribution >= 0.6 is 23.2 Å². The fourth-order valence-corrected chi connectivity index (χ4v) is 3.00. The molecule has 1 saturated heterocycles. The van der Waals surface area contributed by atoms with Gasteiger partial charge in [0.15, 0.2) is 0 Å². The zero-order valence-electron chi connectivity index (χ0n) is 10.6. The van der Waals surface area contributed by atoms with Crippen LogP contribution in [0.1, 0.15) is 31.2 Å². The van der Waals surface area contributed by atoms with E-state index in [4.69, 9.17) is 27.9 Å². The predicted molar refractivity (Wildman–Crippen MR) is 77.6 cm³/mol. The van der Waals surface area contributed by atoms with Gasteiger partial charge in [-0.05, 0) is 55.7 Å². The number of halogens is 2. The second-order valence-electron chi connectivity index (χ2n) is 5.07. The minimum absolute atomic E-state index is 0.468. The lowest BCUT2D eigenvalue weighted by atomic mass is 9.94. The van der Waals surface area contributed by atoms with Gasteiger partial charge in [-0.3, -0.25) is 0 Å². The molecule has 0 spiro atoms. The number of hydrogen-bond acceptors (Lipinski definition) is 1. The van der Waals surface area contributed by atoms with E-state index in [9.17, 15) is 0 Å². The first-order chi connectivity index (χ1) is 8.78. The first-order valence-electron chi connectivity index (χ1n) is 6.70. The highest BCUT2D eigenvalue weighted by Crippen LogP contribution is 2.23. The van der Waals surface area contributed by atoms with Crippen molar-refractivity contribution in [3.63, 3.8) is 0 Å². The molecule has 1 aliphatic heterocycles. The van der Waals surface area contributed by atoms with Crippen LogP contribution in [-0.4, -0.2) is 18.6 Å². The third-order valence-corrected chi connectivity index (χ3v) is 4.22. The van der Waals surface area contributed by atoms with Gasteiger partial charge in [-0.1, -0.05) is 23.7 Å². The Labute approximate surface area is 119 Å². The summed E-state index contributed by atoms with van der Waals surface area (Å²) in [6.45, 7) is 0.935. The van der Waals surface area contributed by atoms with Crippen LogP contribution in [0.15, 0.2) is 24.3 Å². The van der Waals surface area contributed by atoms with Crippen LogP contribution in [0.3, 0.4) is 0 Å². The van der Waals surface area contributed by atoms with E-state index in [1.807, 2.05) is 18.2 Å². The third kappa shape index (κ3) is 4.46. The van der Waals surface area contributed by atoms with Crippen LogP contribution < -0.4 is 0 Å². The van der Waals surface area contributed by atoms with Crippen molar-refractivity contribution in [1.82, 2.24) is 0 Å². The molecule has 0 saturated carbocycles. The largest absolute Gasteiger partial charge is 0.378 e. The summed E-state index contributed by atoms with van der Waals surface area (Å²) >= 11 is 12.1. The third-order valence-electron chi connectivity index (χ3n) is 3.55. The Morgan fingerprint density at radius 1 is 1.39 bits per heavy atom. The maximum absolute atomic E-state index is 6.07. The molecule has 1 aliphatic rings. The molecular formula is C15H20Cl2O. The molecule has 2 unspecified atom stereocenters. The van der Waals surface area contributed by atoms with Crippen molar-refractivity contribution >= 4 is 23.2 Å². The van der Waals surface area contributed by atoms with Crippen molar-refractivity contribution in [3.05, 3.63) is 34.9 Å². The van der Waals surface area contributed by atoms with Crippen molar-refractivity contribution in [2.75, 3.05) is 12.5 Å². The van der Waals surface area contributed by atoms with Crippen LogP contribution in [0.4, 0.5) is 0 Å². The van der Waals surface area contributed by atoms with Crippen molar-refractivity contribution in [3.8, 4) is 0 Å². The molecule has 0 amide bonds. The Morgan fingerprint density at radius 3 is 2.94 bits per heavy atom. The average Bonchev–Trinajstić information content (AvgIpc) is 2.87. The molecule has 1 aromatic carbocycles. The quantitative estimate of drug-likeness (QED) is 0.689. The van der Waals surface area contributed by atoms with Crippen LogP contribution in [-0.2, 0) is 11.2 Å². The molecule has 3 heteroatoms. The van der Waals surface area contributed by atoms with Gasteiger partial charge in [-0.2, -0.15) is 0 Å². The Bertz CT molecular complexity index is 361. The number of alkyl halides is 1. The highest BCUT2D eigenvalue weighted by molar-refractivity contribution is 6.30. The highest BCUT2D eigenvalue weighted by atomic mass is 35.5. The van der Waals surface area contributed by atoms with Gasteiger partial charge >= 0.3 is 0 Å². The Kier molecular flexibility index (Phi) is 5.81. The zero-order valence-corrected chi connectivity index (χ0v) is 12.1. The van der Waals surface area contributed by atoms with E-state index in [1.165, 1.54) is 18.4 Å². The van der Waals surface area contributed by atoms with Crippen molar-refractivity contribution in [2.24, 2.45) is 5.92 Å². The summed E-state index contributed by atoms with van der Waals surface area (Å²) in [6, 6.07) is 8.07. The van der Waals surface area contributed by atoms with Crippen LogP contribution in [0.2, 0.25) is 5.02 Å². The fourth-order valence-electron chi connectivity index (χ4n) is 2.52. The maximum Gasteiger partial charge on any atom is 0.0576 e. The first-order valence-corrected chi connectivity index (χ1v) is 7.61. The van der Waals surface area contributed by atoms with Gasteiger partial charge in [0.1, 0.15) is 0 Å². The molecule has 1 heterocycles. The second-order valence-corrected chi connectivity index (χ2v) is 5.81. The molecule has 0 bridgehead atoms. The first kappa shape index (κ1) is 14.2. The number of hydrogen-bond donors (Lipinski definition) is 0. The van der Waals surface area contributed by atoms with Gasteiger partial charge in [-0.15, -0.1) is 11.6 Å². The SMILES string of the molecule is ClCC(CCC1CCCO1)Cc1cccc(Cl)c1. The Hall–Kier alpha value is -0.240. The van der Waals surface area contributed by atoms with Crippen molar-refractivity contribution in [1.29, 1.82) is 0 Å². The minimum atomic E-state index is 0.468. The van der Waals surface area contributed by atoms with E-state index in [2.05, 4.69) is 6.07 Å². The maximum atomic E-state index is 6.07. The normalized spacial score (nSPS) is 21.1. The number of benzene rings is 1. The smallest absolute Gasteiger partial charge is 0.0576 e. The van der Waals surface area contributed by atoms with Crippen LogP contribution in [0.25, 0.3) is 0 Å². The lowest BCUT2D eigenvalue weighted by molar-refractivity contribution is 0.0988. The van der Waals surface area contributed by atoms with E-state index in [1.54, 1.807) is 0 Å². The van der Waals surface area contributed by atoms with E-state index in [0.29, 0.717) is 17.9 Å². The van der Waals surface area contributed by atoms with Crippen molar-refractivity contribution in [2.45, 2.75) is 38.2 Å². The Morgan fingerprint density at radius 2 is 2.28 bits per heavy atom. The molecule has 1 nitrogen and oxygen atoms in total. The molecule has 2 atom stereocenters. The molecule has 0 radical (unpaired) electrons. The predicted octanol–water partition coefficient (Wildman–Crippen LogP) is 4.70. The average molecular weight is 287 g/mol. The molecule has 0 aliphatic carbocycles. The highest BCUT2D eigenvalue weighted by Gasteiger charge is 2.17. The van der Waals surface area contributed by atoms with Crippen LogP contribution in [0.5, 0.6) is 0 Å². The lowest BCUT2D eigenvalue weighted by Crippen LogP contribution is -2.12. The molecule has 2 rings (SSSR count). The van der Waals surface area contributed by atoms with Gasteiger partial charge in [0.25, 0.3) is 0 Å². The van der Waals surface area contributed by atoms with E-state index < -0.39 is 0 Å². The topological polar surface area (TPSA) is 9.23 Å². The second kappa shape index (κ2) is 7.37. The molecule has 1 fully saturated rings. The molecule has 18 heavy (non-hydrogen) atoms. The summed E-state index contributed by atoms with van der Waals surface area (Å²) in [5.74, 6) is 1.23. The van der Waals surface area contributed by atoms with E-state index in [0.717, 1.165) is 30.9 Å². The summed E-state index contributed by atoms with van der Waals surface area (Å²) in [4.78, 5) is 0. The number of rotatable bonds is 6. The molecule has 1 aromatic rings. The molecule has 100 valence electrons. The minimum Gasteiger partial charge on any atom is -0.378 e. The fraction of sp³-hybridized carbons (Fsp3) is 0.600. The molecule has 0 aromatic heterocycles. The summed E-state index contributed by atoms with van der Waals surface area (Å²) in [7, 11) is 0.